The van der Waals surface area contributed by atoms with Crippen LogP contribution in [0.4, 0.5) is 0 Å². The van der Waals surface area contributed by atoms with Crippen LogP contribution in [0.25, 0.3) is 32.7 Å². The Bertz CT molecular complexity index is 1620. The summed E-state index contributed by atoms with van der Waals surface area (Å²) in [5.74, 6) is -2.04. The van der Waals surface area contributed by atoms with Crippen molar-refractivity contribution < 1.29 is 19.2 Å². The molecule has 5 rings (SSSR count). The van der Waals surface area contributed by atoms with Crippen molar-refractivity contribution in [1.82, 2.24) is 9.55 Å². The minimum Gasteiger partial charge on any atom is -0.461 e. The lowest BCUT2D eigenvalue weighted by molar-refractivity contribution is -0.514. The second-order valence-corrected chi connectivity index (χ2v) is 8.91. The summed E-state index contributed by atoms with van der Waals surface area (Å²) in [6.07, 6.45) is 1.79. The van der Waals surface area contributed by atoms with Gasteiger partial charge in [0, 0.05) is 34.2 Å². The molecule has 0 saturated heterocycles. The first-order valence-corrected chi connectivity index (χ1v) is 12.1. The Morgan fingerprint density at radius 3 is 2.08 bits per heavy atom. The summed E-state index contributed by atoms with van der Waals surface area (Å²) in [6, 6.07) is 20.8. The van der Waals surface area contributed by atoms with Crippen molar-refractivity contribution in [2.24, 2.45) is 0 Å². The van der Waals surface area contributed by atoms with Crippen LogP contribution in [0.2, 0.25) is 0 Å². The zero-order chi connectivity index (χ0) is 26.1. The molecular weight excluding hydrogens is 470 g/mol. The normalized spacial score (nSPS) is 13.0. The summed E-state index contributed by atoms with van der Waals surface area (Å²) < 4.78 is 6.65. The van der Waals surface area contributed by atoms with Crippen molar-refractivity contribution in [3.63, 3.8) is 0 Å². The third kappa shape index (κ3) is 4.31. The van der Waals surface area contributed by atoms with Crippen LogP contribution in [-0.2, 0) is 16.0 Å². The second kappa shape index (κ2) is 9.81. The van der Waals surface area contributed by atoms with E-state index in [2.05, 4.69) is 0 Å². The first-order valence-electron chi connectivity index (χ1n) is 12.1. The van der Waals surface area contributed by atoms with Crippen LogP contribution >= 0.6 is 0 Å². The number of para-hydroxylation sites is 3. The van der Waals surface area contributed by atoms with Crippen molar-refractivity contribution in [2.45, 2.75) is 32.2 Å². The molecule has 8 nitrogen and oxygen atoms in total. The minimum absolute atomic E-state index is 0.0201. The molecular formula is C29H25N3O5. The van der Waals surface area contributed by atoms with Crippen LogP contribution in [0.3, 0.4) is 0 Å². The number of nitrogens with zero attached hydrogens (tertiary/aromatic N) is 3. The predicted molar refractivity (Wildman–Crippen MR) is 141 cm³/mol. The van der Waals surface area contributed by atoms with E-state index >= 15 is 0 Å². The minimum atomic E-state index is -1.67. The van der Waals surface area contributed by atoms with E-state index in [0.717, 1.165) is 27.4 Å². The molecule has 0 fully saturated rings. The molecule has 3 aromatic carbocycles. The van der Waals surface area contributed by atoms with E-state index in [4.69, 9.17) is 9.72 Å². The molecule has 0 aliphatic heterocycles. The molecule has 2 atom stereocenters. The number of carbonyl (C=O) groups is 2. The molecule has 0 amide bonds. The molecule has 0 unspecified atom stereocenters. The highest BCUT2D eigenvalue weighted by atomic mass is 16.6. The SMILES string of the molecule is CCOC(=O)[C@H]([C@H](Cc1c2ccccc2nc2ccccc12)c1cn(C(C)=O)c2ccccc12)[N+](=O)[O-]. The molecule has 8 heteroatoms. The van der Waals surface area contributed by atoms with E-state index in [-0.39, 0.29) is 18.9 Å². The Morgan fingerprint density at radius 2 is 1.51 bits per heavy atom. The standard InChI is InChI=1S/C29H25N3O5/c1-3-37-29(34)28(32(35)36)23(24-17-31(18(2)33)27-15-9-6-12-21(24)27)16-22-19-10-4-7-13-25(19)30-26-14-8-5-11-20(22)26/h4-15,17,23,28H,3,16H2,1-2H3/t23-,28+/m1/s1. The topological polar surface area (TPSA) is 104 Å². The van der Waals surface area contributed by atoms with E-state index in [1.165, 1.54) is 11.5 Å². The lowest BCUT2D eigenvalue weighted by Gasteiger charge is -2.21. The van der Waals surface area contributed by atoms with Gasteiger partial charge in [-0.15, -0.1) is 0 Å². The maximum Gasteiger partial charge on any atom is 0.382 e. The quantitative estimate of drug-likeness (QED) is 0.127. The molecule has 186 valence electrons. The van der Waals surface area contributed by atoms with Crippen LogP contribution in [0.15, 0.2) is 79.0 Å². The van der Waals surface area contributed by atoms with E-state index in [1.807, 2.05) is 60.7 Å². The average molecular weight is 496 g/mol. The van der Waals surface area contributed by atoms with Gasteiger partial charge in [-0.1, -0.05) is 54.6 Å². The molecule has 0 bridgehead atoms. The summed E-state index contributed by atoms with van der Waals surface area (Å²) >= 11 is 0. The Hall–Kier alpha value is -4.59. The highest BCUT2D eigenvalue weighted by Gasteiger charge is 2.43. The number of benzene rings is 3. The highest BCUT2D eigenvalue weighted by molar-refractivity contribution is 5.98. The molecule has 0 N–H and O–H groups in total. The number of hydrogen-bond donors (Lipinski definition) is 0. The predicted octanol–water partition coefficient (Wildman–Crippen LogP) is 5.54. The molecule has 2 aromatic heterocycles. The van der Waals surface area contributed by atoms with Crippen molar-refractivity contribution >= 4 is 44.6 Å². The van der Waals surface area contributed by atoms with Gasteiger partial charge in [0.15, 0.2) is 0 Å². The van der Waals surface area contributed by atoms with Crippen LogP contribution in [0.1, 0.15) is 35.7 Å². The molecule has 0 aliphatic rings. The monoisotopic (exact) mass is 495 g/mol. The molecule has 0 aliphatic carbocycles. The fourth-order valence-electron chi connectivity index (χ4n) is 5.15. The Balaban J connectivity index is 1.80. The van der Waals surface area contributed by atoms with Gasteiger partial charge in [0.25, 0.3) is 0 Å². The van der Waals surface area contributed by atoms with Crippen LogP contribution in [-0.4, -0.2) is 39.0 Å². The van der Waals surface area contributed by atoms with Crippen LogP contribution in [0.5, 0.6) is 0 Å². The van der Waals surface area contributed by atoms with Gasteiger partial charge in [-0.2, -0.15) is 0 Å². The lowest BCUT2D eigenvalue weighted by Crippen LogP contribution is -2.38. The van der Waals surface area contributed by atoms with E-state index < -0.39 is 22.9 Å². The van der Waals surface area contributed by atoms with Gasteiger partial charge in [0.1, 0.15) is 0 Å². The molecule has 2 heterocycles. The van der Waals surface area contributed by atoms with Gasteiger partial charge >= 0.3 is 12.0 Å². The third-order valence-corrected chi connectivity index (χ3v) is 6.74. The number of fused-ring (bicyclic) bond motifs is 3. The summed E-state index contributed by atoms with van der Waals surface area (Å²) in [5, 5.41) is 14.8. The zero-order valence-electron chi connectivity index (χ0n) is 20.5. The Morgan fingerprint density at radius 1 is 0.946 bits per heavy atom. The number of carbonyl (C=O) groups excluding carboxylic acids is 2. The maximum atomic E-state index is 13.0. The van der Waals surface area contributed by atoms with Crippen molar-refractivity contribution in [3.05, 3.63) is 100 Å². The van der Waals surface area contributed by atoms with E-state index in [0.29, 0.717) is 16.5 Å². The second-order valence-electron chi connectivity index (χ2n) is 8.91. The summed E-state index contributed by atoms with van der Waals surface area (Å²) in [5.41, 5.74) is 3.54. The first kappa shape index (κ1) is 24.1. The summed E-state index contributed by atoms with van der Waals surface area (Å²) in [7, 11) is 0. The van der Waals surface area contributed by atoms with Gasteiger partial charge in [-0.05, 0) is 42.7 Å². The number of nitro groups is 1. The molecule has 0 radical (unpaired) electrons. The number of esters is 1. The van der Waals surface area contributed by atoms with Gasteiger partial charge < -0.3 is 4.74 Å². The smallest absolute Gasteiger partial charge is 0.382 e. The summed E-state index contributed by atoms with van der Waals surface area (Å²) in [4.78, 5) is 42.2. The van der Waals surface area contributed by atoms with Crippen LogP contribution < -0.4 is 0 Å². The number of aromatic nitrogens is 2. The van der Waals surface area contributed by atoms with E-state index in [9.17, 15) is 19.7 Å². The van der Waals surface area contributed by atoms with Gasteiger partial charge in [0.05, 0.1) is 29.1 Å². The third-order valence-electron chi connectivity index (χ3n) is 6.74. The largest absolute Gasteiger partial charge is 0.461 e. The number of hydrogen-bond acceptors (Lipinski definition) is 6. The maximum absolute atomic E-state index is 13.0. The molecule has 37 heavy (non-hydrogen) atoms. The van der Waals surface area contributed by atoms with Gasteiger partial charge in [-0.3, -0.25) is 19.5 Å². The fraction of sp³-hybridized carbons (Fsp3) is 0.207. The Kier molecular flexibility index (Phi) is 6.40. The summed E-state index contributed by atoms with van der Waals surface area (Å²) in [6.45, 7) is 3.08. The number of ether oxygens (including phenoxy) is 1. The van der Waals surface area contributed by atoms with Crippen molar-refractivity contribution in [1.29, 1.82) is 0 Å². The van der Waals surface area contributed by atoms with Gasteiger partial charge in [0.2, 0.25) is 5.91 Å². The first-order chi connectivity index (χ1) is 17.9. The van der Waals surface area contributed by atoms with Crippen molar-refractivity contribution in [2.75, 3.05) is 6.61 Å². The van der Waals surface area contributed by atoms with Crippen molar-refractivity contribution in [3.8, 4) is 0 Å². The van der Waals surface area contributed by atoms with Crippen LogP contribution in [0, 0.1) is 10.1 Å². The molecule has 5 aromatic rings. The highest BCUT2D eigenvalue weighted by Crippen LogP contribution is 2.37. The molecule has 0 saturated carbocycles. The Labute approximate surface area is 212 Å². The average Bonchev–Trinajstić information content (AvgIpc) is 3.28. The van der Waals surface area contributed by atoms with Gasteiger partial charge in [-0.25, -0.2) is 9.78 Å². The fourth-order valence-corrected chi connectivity index (χ4v) is 5.15. The number of rotatable bonds is 7. The van der Waals surface area contributed by atoms with E-state index in [1.54, 1.807) is 25.3 Å². The number of pyridine rings is 1. The lowest BCUT2D eigenvalue weighted by atomic mass is 9.83. The zero-order valence-corrected chi connectivity index (χ0v) is 20.5. The molecule has 0 spiro atoms.